The quantitative estimate of drug-likeness (QED) is 0.432. The zero-order chi connectivity index (χ0) is 20.4. The van der Waals surface area contributed by atoms with Gasteiger partial charge in [-0.15, -0.1) is 0 Å². The van der Waals surface area contributed by atoms with Crippen molar-refractivity contribution in [2.24, 2.45) is 0 Å². The summed E-state index contributed by atoms with van der Waals surface area (Å²) in [5.41, 5.74) is 0.655. The fraction of sp³-hybridized carbons (Fsp3) is 0.0500. The number of phosphoric acid groups is 1. The summed E-state index contributed by atoms with van der Waals surface area (Å²) in [5.74, 6) is -0.257. The molecule has 1 spiro atoms. The summed E-state index contributed by atoms with van der Waals surface area (Å²) in [5, 5.41) is 9.91. The van der Waals surface area contributed by atoms with Crippen LogP contribution >= 0.6 is 7.82 Å². The molecule has 2 heterocycles. The molecule has 29 heavy (non-hydrogen) atoms. The van der Waals surface area contributed by atoms with Gasteiger partial charge in [0.25, 0.3) is 0 Å². The predicted octanol–water partition coefficient (Wildman–Crippen LogP) is 3.43. The van der Waals surface area contributed by atoms with Crippen molar-refractivity contribution in [3.63, 3.8) is 0 Å². The number of phosphoric ester groups is 1. The second kappa shape index (κ2) is 5.84. The number of carbonyl (C=O) groups is 1. The van der Waals surface area contributed by atoms with Gasteiger partial charge in [-0.25, -0.2) is 9.36 Å². The largest absolute Gasteiger partial charge is 0.524 e. The smallest absolute Gasteiger partial charge is 0.508 e. The summed E-state index contributed by atoms with van der Waals surface area (Å²) < 4.78 is 27.6. The summed E-state index contributed by atoms with van der Waals surface area (Å²) in [4.78, 5) is 30.8. The van der Waals surface area contributed by atoms with Gasteiger partial charge in [0.15, 0.2) is 5.60 Å². The topological polar surface area (TPSA) is 123 Å². The van der Waals surface area contributed by atoms with E-state index in [-0.39, 0.29) is 23.0 Å². The Labute approximate surface area is 164 Å². The van der Waals surface area contributed by atoms with Crippen LogP contribution < -0.4 is 9.26 Å². The van der Waals surface area contributed by atoms with E-state index < -0.39 is 19.4 Å². The molecule has 0 aliphatic carbocycles. The van der Waals surface area contributed by atoms with Gasteiger partial charge in [-0.05, 0) is 30.3 Å². The van der Waals surface area contributed by atoms with Crippen LogP contribution in [-0.2, 0) is 14.9 Å². The molecule has 5 rings (SSSR count). The average Bonchev–Trinajstić information content (AvgIpc) is 2.94. The maximum atomic E-state index is 12.6. The highest BCUT2D eigenvalue weighted by atomic mass is 31.2. The van der Waals surface area contributed by atoms with Crippen LogP contribution in [0.15, 0.2) is 60.7 Å². The van der Waals surface area contributed by atoms with E-state index in [0.29, 0.717) is 22.3 Å². The first kappa shape index (κ1) is 17.8. The van der Waals surface area contributed by atoms with Crippen LogP contribution in [-0.4, -0.2) is 20.9 Å². The van der Waals surface area contributed by atoms with Gasteiger partial charge in [-0.3, -0.25) is 9.79 Å². The first-order valence-corrected chi connectivity index (χ1v) is 10.0. The fourth-order valence-electron chi connectivity index (χ4n) is 3.84. The van der Waals surface area contributed by atoms with Crippen molar-refractivity contribution in [1.29, 1.82) is 0 Å². The van der Waals surface area contributed by atoms with E-state index in [4.69, 9.17) is 19.3 Å². The molecule has 2 aliphatic rings. The number of hydrogen-bond donors (Lipinski definition) is 3. The molecule has 0 bridgehead atoms. The number of phenolic OH excluding ortho intramolecular Hbond substituents is 1. The number of benzene rings is 3. The Kier molecular flexibility index (Phi) is 3.58. The molecule has 3 aromatic carbocycles. The lowest BCUT2D eigenvalue weighted by Crippen LogP contribution is -2.32. The van der Waals surface area contributed by atoms with Crippen molar-refractivity contribution in [2.75, 3.05) is 0 Å². The zero-order valence-corrected chi connectivity index (χ0v) is 15.5. The molecular weight excluding hydrogens is 399 g/mol. The molecule has 8 nitrogen and oxygen atoms in total. The normalized spacial score (nSPS) is 19.0. The molecule has 3 N–H and O–H groups in total. The van der Waals surface area contributed by atoms with E-state index in [2.05, 4.69) is 4.52 Å². The first-order chi connectivity index (χ1) is 13.8. The third kappa shape index (κ3) is 2.61. The fourth-order valence-corrected chi connectivity index (χ4v) is 4.23. The minimum absolute atomic E-state index is 0.0532. The molecule has 0 fully saturated rings. The molecule has 146 valence electrons. The van der Waals surface area contributed by atoms with Gasteiger partial charge >= 0.3 is 13.8 Å². The number of carbonyl (C=O) groups excluding carboxylic acids is 1. The molecule has 0 saturated heterocycles. The lowest BCUT2D eigenvalue weighted by atomic mass is 9.77. The number of aromatic hydroxyl groups is 1. The number of esters is 1. The van der Waals surface area contributed by atoms with Crippen molar-refractivity contribution in [3.05, 3.63) is 82.9 Å². The first-order valence-electron chi connectivity index (χ1n) is 8.52. The Hall–Kier alpha value is -3.32. The number of hydrogen-bond acceptors (Lipinski definition) is 6. The Morgan fingerprint density at radius 3 is 2.34 bits per heavy atom. The van der Waals surface area contributed by atoms with Gasteiger partial charge in [-0.1, -0.05) is 18.2 Å². The zero-order valence-electron chi connectivity index (χ0n) is 14.6. The highest BCUT2D eigenvalue weighted by Gasteiger charge is 2.53. The molecular formula is C20H13O8P. The summed E-state index contributed by atoms with van der Waals surface area (Å²) in [6, 6.07) is 15.6. The number of rotatable bonds is 2. The van der Waals surface area contributed by atoms with E-state index in [1.54, 1.807) is 30.3 Å². The van der Waals surface area contributed by atoms with Crippen LogP contribution in [0.1, 0.15) is 27.0 Å². The monoisotopic (exact) mass is 412 g/mol. The van der Waals surface area contributed by atoms with Gasteiger partial charge < -0.3 is 19.1 Å². The standard InChI is InChI=1S/C20H13O8P/c21-11-5-7-15-17(9-11)26-18-10-12(28-29(23,24)25)6-8-16(18)20(15)14-4-2-1-3-13(14)19(22)27-20/h1-10,21H,(H2,23,24,25)/t20-/m0/s1. The molecule has 0 radical (unpaired) electrons. The Morgan fingerprint density at radius 1 is 0.897 bits per heavy atom. The van der Waals surface area contributed by atoms with Crippen molar-refractivity contribution < 1.29 is 38.3 Å². The number of phenols is 1. The van der Waals surface area contributed by atoms with E-state index >= 15 is 0 Å². The molecule has 1 atom stereocenters. The molecule has 2 aliphatic heterocycles. The summed E-state index contributed by atoms with van der Waals surface area (Å²) >= 11 is 0. The minimum Gasteiger partial charge on any atom is -0.508 e. The van der Waals surface area contributed by atoms with Crippen molar-refractivity contribution in [2.45, 2.75) is 5.60 Å². The lowest BCUT2D eigenvalue weighted by Gasteiger charge is -2.36. The highest BCUT2D eigenvalue weighted by molar-refractivity contribution is 7.46. The Morgan fingerprint density at radius 2 is 1.59 bits per heavy atom. The molecule has 0 unspecified atom stereocenters. The maximum Gasteiger partial charge on any atom is 0.524 e. The maximum absolute atomic E-state index is 12.6. The van der Waals surface area contributed by atoms with Crippen LogP contribution in [0.2, 0.25) is 0 Å². The van der Waals surface area contributed by atoms with Crippen molar-refractivity contribution in [1.82, 2.24) is 0 Å². The van der Waals surface area contributed by atoms with Gasteiger partial charge in [-0.2, -0.15) is 0 Å². The average molecular weight is 412 g/mol. The van der Waals surface area contributed by atoms with Gasteiger partial charge in [0, 0.05) is 28.8 Å². The van der Waals surface area contributed by atoms with Crippen LogP contribution in [0, 0.1) is 0 Å². The molecule has 9 heteroatoms. The van der Waals surface area contributed by atoms with Crippen LogP contribution in [0.25, 0.3) is 0 Å². The van der Waals surface area contributed by atoms with E-state index in [0.717, 1.165) is 0 Å². The predicted molar refractivity (Wildman–Crippen MR) is 99.0 cm³/mol. The molecule has 0 amide bonds. The summed E-state index contributed by atoms with van der Waals surface area (Å²) in [6.45, 7) is 0. The molecule has 3 aromatic rings. The Bertz CT molecular complexity index is 1230. The van der Waals surface area contributed by atoms with E-state index in [1.807, 2.05) is 0 Å². The second-order valence-corrected chi connectivity index (χ2v) is 7.80. The van der Waals surface area contributed by atoms with Gasteiger partial charge in [0.1, 0.15) is 23.0 Å². The van der Waals surface area contributed by atoms with E-state index in [1.165, 1.54) is 30.3 Å². The van der Waals surface area contributed by atoms with Crippen LogP contribution in [0.5, 0.6) is 23.0 Å². The van der Waals surface area contributed by atoms with Crippen LogP contribution in [0.4, 0.5) is 0 Å². The van der Waals surface area contributed by atoms with Gasteiger partial charge in [0.05, 0.1) is 5.56 Å². The highest BCUT2D eigenvalue weighted by Crippen LogP contribution is 2.57. The minimum atomic E-state index is -4.78. The summed E-state index contributed by atoms with van der Waals surface area (Å²) in [7, 11) is -4.78. The third-order valence-electron chi connectivity index (χ3n) is 4.89. The molecule has 0 aromatic heterocycles. The van der Waals surface area contributed by atoms with Crippen molar-refractivity contribution >= 4 is 13.8 Å². The molecule has 0 saturated carbocycles. The van der Waals surface area contributed by atoms with Gasteiger partial charge in [0.2, 0.25) is 0 Å². The van der Waals surface area contributed by atoms with Crippen molar-refractivity contribution in [3.8, 4) is 23.0 Å². The SMILES string of the molecule is O=C1O[C@]2(c3ccc(O)cc3Oc3cc(OP(=O)(O)O)ccc32)c2ccccc21. The second-order valence-electron chi connectivity index (χ2n) is 6.64. The number of ether oxygens (including phenoxy) is 2. The van der Waals surface area contributed by atoms with Crippen LogP contribution in [0.3, 0.4) is 0 Å². The third-order valence-corrected chi connectivity index (χ3v) is 5.34. The Balaban J connectivity index is 1.79. The van der Waals surface area contributed by atoms with E-state index in [9.17, 15) is 14.5 Å². The number of fused-ring (bicyclic) bond motifs is 6. The lowest BCUT2D eigenvalue weighted by molar-refractivity contribution is 0.0224. The summed E-state index contributed by atoms with van der Waals surface area (Å²) in [6.07, 6.45) is 0.